The van der Waals surface area contributed by atoms with Gasteiger partial charge in [-0.1, -0.05) is 6.42 Å². The number of hydrogen-bond donors (Lipinski definition) is 0. The maximum Gasteiger partial charge on any atom is 0.144 e. The van der Waals surface area contributed by atoms with Crippen LogP contribution in [0.4, 0.5) is 8.78 Å². The minimum atomic E-state index is -0.444. The Balaban J connectivity index is 1.83. The van der Waals surface area contributed by atoms with Crippen LogP contribution in [0.15, 0.2) is 16.6 Å². The number of benzene rings is 1. The van der Waals surface area contributed by atoms with Gasteiger partial charge in [-0.25, -0.2) is 8.78 Å². The Morgan fingerprint density at radius 2 is 1.95 bits per heavy atom. The average Bonchev–Trinajstić information content (AvgIpc) is 2.88. The zero-order chi connectivity index (χ0) is 13.4. The molecule has 1 heterocycles. The molecule has 3 rings (SSSR count). The highest BCUT2D eigenvalue weighted by Crippen LogP contribution is 2.38. The van der Waals surface area contributed by atoms with Gasteiger partial charge in [0.1, 0.15) is 11.6 Å². The molecule has 19 heavy (non-hydrogen) atoms. The Morgan fingerprint density at radius 1 is 1.16 bits per heavy atom. The van der Waals surface area contributed by atoms with Crippen LogP contribution >= 0.6 is 15.9 Å². The van der Waals surface area contributed by atoms with E-state index in [1.807, 2.05) is 0 Å². The summed E-state index contributed by atoms with van der Waals surface area (Å²) in [6, 6.07) is 3.31. The summed E-state index contributed by atoms with van der Waals surface area (Å²) in [6.45, 7) is 1.37. The maximum absolute atomic E-state index is 14.0. The van der Waals surface area contributed by atoms with Gasteiger partial charge in [-0.2, -0.15) is 0 Å². The van der Waals surface area contributed by atoms with Gasteiger partial charge in [-0.05, 0) is 66.2 Å². The zero-order valence-electron chi connectivity index (χ0n) is 10.8. The summed E-state index contributed by atoms with van der Waals surface area (Å²) in [5, 5.41) is 0. The second-order valence-electron chi connectivity index (χ2n) is 5.69. The molecule has 0 N–H and O–H groups in total. The molecule has 1 saturated carbocycles. The first-order chi connectivity index (χ1) is 9.16. The highest BCUT2D eigenvalue weighted by molar-refractivity contribution is 9.10. The van der Waals surface area contributed by atoms with E-state index in [2.05, 4.69) is 20.8 Å². The van der Waals surface area contributed by atoms with E-state index >= 15 is 0 Å². The number of piperidine rings is 1. The lowest BCUT2D eigenvalue weighted by atomic mass is 9.91. The van der Waals surface area contributed by atoms with Crippen molar-refractivity contribution in [3.05, 3.63) is 33.8 Å². The normalized spacial score (nSPS) is 27.5. The first-order valence-electron chi connectivity index (χ1n) is 7.03. The summed E-state index contributed by atoms with van der Waals surface area (Å²) < 4.78 is 28.2. The SMILES string of the molecule is Fc1ccc(Br)c(F)c1CN1CCCC2CCCC21. The van der Waals surface area contributed by atoms with E-state index in [1.54, 1.807) is 0 Å². The minimum absolute atomic E-state index is 0.210. The molecule has 1 saturated heterocycles. The van der Waals surface area contributed by atoms with Crippen LogP contribution in [0.25, 0.3) is 0 Å². The van der Waals surface area contributed by atoms with Crippen LogP contribution in [0.2, 0.25) is 0 Å². The standard InChI is InChI=1S/C15H18BrF2N/c16-12-6-7-13(17)11(15(12)18)9-19-8-2-4-10-3-1-5-14(10)19/h6-7,10,14H,1-5,8-9H2. The Hall–Kier alpha value is -0.480. The van der Waals surface area contributed by atoms with Crippen LogP contribution in [0.5, 0.6) is 0 Å². The molecular weight excluding hydrogens is 312 g/mol. The van der Waals surface area contributed by atoms with Crippen LogP contribution in [0.1, 0.15) is 37.7 Å². The Labute approximate surface area is 121 Å². The Kier molecular flexibility index (Phi) is 3.90. The lowest BCUT2D eigenvalue weighted by molar-refractivity contribution is 0.103. The van der Waals surface area contributed by atoms with Gasteiger partial charge in [0.05, 0.1) is 4.47 Å². The van der Waals surface area contributed by atoms with Crippen molar-refractivity contribution < 1.29 is 8.78 Å². The third kappa shape index (κ3) is 2.57. The van der Waals surface area contributed by atoms with Crippen molar-refractivity contribution in [2.45, 2.75) is 44.7 Å². The van der Waals surface area contributed by atoms with E-state index in [-0.39, 0.29) is 5.56 Å². The van der Waals surface area contributed by atoms with Crippen LogP contribution in [0.3, 0.4) is 0 Å². The first kappa shape index (κ1) is 13.5. The molecule has 1 aromatic carbocycles. The van der Waals surface area contributed by atoms with Crippen molar-refractivity contribution >= 4 is 15.9 Å². The molecule has 0 bridgehead atoms. The summed E-state index contributed by atoms with van der Waals surface area (Å²) in [6.07, 6.45) is 6.16. The van der Waals surface area contributed by atoms with E-state index in [0.717, 1.165) is 18.9 Å². The fourth-order valence-corrected chi connectivity index (χ4v) is 4.04. The number of rotatable bonds is 2. The predicted octanol–water partition coefficient (Wildman–Crippen LogP) is 4.49. The van der Waals surface area contributed by atoms with Gasteiger partial charge < -0.3 is 0 Å². The number of hydrogen-bond acceptors (Lipinski definition) is 1. The van der Waals surface area contributed by atoms with Crippen molar-refractivity contribution in [3.63, 3.8) is 0 Å². The second-order valence-corrected chi connectivity index (χ2v) is 6.55. The van der Waals surface area contributed by atoms with Crippen LogP contribution in [0, 0.1) is 17.6 Å². The molecule has 2 aliphatic rings. The van der Waals surface area contributed by atoms with Crippen LogP contribution < -0.4 is 0 Å². The van der Waals surface area contributed by atoms with Crippen molar-refractivity contribution in [1.82, 2.24) is 4.90 Å². The molecular formula is C15H18BrF2N. The first-order valence-corrected chi connectivity index (χ1v) is 7.82. The summed E-state index contributed by atoms with van der Waals surface area (Å²) in [5.74, 6) is -0.132. The molecule has 0 aromatic heterocycles. The highest BCUT2D eigenvalue weighted by Gasteiger charge is 2.35. The summed E-state index contributed by atoms with van der Waals surface area (Å²) in [5.41, 5.74) is 0.210. The maximum atomic E-state index is 14.0. The molecule has 1 nitrogen and oxygen atoms in total. The molecule has 1 aliphatic carbocycles. The summed E-state index contributed by atoms with van der Waals surface area (Å²) >= 11 is 3.14. The topological polar surface area (TPSA) is 3.24 Å². The number of halogens is 3. The number of fused-ring (bicyclic) bond motifs is 1. The van der Waals surface area contributed by atoms with Crippen molar-refractivity contribution in [1.29, 1.82) is 0 Å². The van der Waals surface area contributed by atoms with Crippen LogP contribution in [-0.4, -0.2) is 17.5 Å². The monoisotopic (exact) mass is 329 g/mol. The Bertz CT molecular complexity index is 477. The molecule has 2 unspecified atom stereocenters. The second kappa shape index (κ2) is 5.49. The molecule has 0 radical (unpaired) electrons. The number of nitrogens with zero attached hydrogens (tertiary/aromatic N) is 1. The third-order valence-corrected chi connectivity index (χ3v) is 5.22. The van der Waals surface area contributed by atoms with Gasteiger partial charge in [0, 0.05) is 18.2 Å². The molecule has 0 amide bonds. The van der Waals surface area contributed by atoms with Gasteiger partial charge in [0.2, 0.25) is 0 Å². The predicted molar refractivity (Wildman–Crippen MR) is 74.8 cm³/mol. The molecule has 4 heteroatoms. The van der Waals surface area contributed by atoms with Crippen molar-refractivity contribution in [3.8, 4) is 0 Å². The van der Waals surface area contributed by atoms with Gasteiger partial charge in [0.15, 0.2) is 0 Å². The molecule has 2 fully saturated rings. The van der Waals surface area contributed by atoms with Gasteiger partial charge >= 0.3 is 0 Å². The molecule has 104 valence electrons. The fraction of sp³-hybridized carbons (Fsp3) is 0.600. The lowest BCUT2D eigenvalue weighted by Gasteiger charge is -2.37. The Morgan fingerprint density at radius 3 is 2.79 bits per heavy atom. The van der Waals surface area contributed by atoms with E-state index in [9.17, 15) is 8.78 Å². The summed E-state index contributed by atoms with van der Waals surface area (Å²) in [7, 11) is 0. The molecule has 1 aromatic rings. The highest BCUT2D eigenvalue weighted by atomic mass is 79.9. The van der Waals surface area contributed by atoms with Crippen LogP contribution in [-0.2, 0) is 6.54 Å². The smallest absolute Gasteiger partial charge is 0.144 e. The third-order valence-electron chi connectivity index (χ3n) is 4.61. The van der Waals surface area contributed by atoms with Gasteiger partial charge in [0.25, 0.3) is 0 Å². The summed E-state index contributed by atoms with van der Waals surface area (Å²) in [4.78, 5) is 2.29. The molecule has 2 atom stereocenters. The zero-order valence-corrected chi connectivity index (χ0v) is 12.4. The molecule has 0 spiro atoms. The fourth-order valence-electron chi connectivity index (χ4n) is 3.67. The van der Waals surface area contributed by atoms with E-state index < -0.39 is 11.6 Å². The quantitative estimate of drug-likeness (QED) is 0.722. The van der Waals surface area contributed by atoms with E-state index in [0.29, 0.717) is 17.1 Å². The number of likely N-dealkylation sites (tertiary alicyclic amines) is 1. The van der Waals surface area contributed by atoms with Gasteiger partial charge in [-0.3, -0.25) is 4.90 Å². The lowest BCUT2D eigenvalue weighted by Crippen LogP contribution is -2.42. The van der Waals surface area contributed by atoms with Crippen molar-refractivity contribution in [2.24, 2.45) is 5.92 Å². The van der Waals surface area contributed by atoms with Gasteiger partial charge in [-0.15, -0.1) is 0 Å². The minimum Gasteiger partial charge on any atom is -0.296 e. The van der Waals surface area contributed by atoms with E-state index in [4.69, 9.17) is 0 Å². The molecule has 1 aliphatic heterocycles. The average molecular weight is 330 g/mol. The largest absolute Gasteiger partial charge is 0.296 e. The van der Waals surface area contributed by atoms with E-state index in [1.165, 1.54) is 37.8 Å². The van der Waals surface area contributed by atoms with Crippen molar-refractivity contribution in [2.75, 3.05) is 6.54 Å².